The molecule has 38 heavy (non-hydrogen) atoms. The molecule has 0 unspecified atom stereocenters. The van der Waals surface area contributed by atoms with Gasteiger partial charge < -0.3 is 14.7 Å². The molecule has 2 fully saturated rings. The van der Waals surface area contributed by atoms with Crippen LogP contribution >= 0.6 is 11.6 Å². The standard InChI is InChI=1S/C29H26ClN3O5/c1-18-17-38-14-13-31(18)26(34)19-5-8-23(9-6-19)32-25-16-22(30)7-10-24(25)33(28(32)37)29(11-12-29)21-4-2-3-20(15-21)27(35)36/h2-10,15-16,18H,11-14,17H2,1H3,(H,35,36)/t18-/m0/s1. The normalized spacial score (nSPS) is 18.5. The average molecular weight is 532 g/mol. The van der Waals surface area contributed by atoms with Crippen molar-refractivity contribution in [2.75, 3.05) is 19.8 Å². The molecule has 1 amide bonds. The average Bonchev–Trinajstić information content (AvgIpc) is 3.67. The number of carboxylic acid groups (broad SMARTS) is 1. The van der Waals surface area contributed by atoms with Gasteiger partial charge in [-0.05, 0) is 79.9 Å². The Morgan fingerprint density at radius 2 is 1.76 bits per heavy atom. The highest BCUT2D eigenvalue weighted by Gasteiger charge is 2.49. The summed E-state index contributed by atoms with van der Waals surface area (Å²) in [7, 11) is 0. The number of ether oxygens (including phenoxy) is 1. The summed E-state index contributed by atoms with van der Waals surface area (Å²) in [6.45, 7) is 3.53. The van der Waals surface area contributed by atoms with Gasteiger partial charge in [-0.2, -0.15) is 0 Å². The Labute approximate surface area is 223 Å². The summed E-state index contributed by atoms with van der Waals surface area (Å²) in [6, 6.07) is 19.1. The molecule has 3 aromatic carbocycles. The molecular formula is C29H26ClN3O5. The molecule has 9 heteroatoms. The number of amides is 1. The van der Waals surface area contributed by atoms with Crippen LogP contribution in [0.15, 0.2) is 71.5 Å². The van der Waals surface area contributed by atoms with Gasteiger partial charge >= 0.3 is 11.7 Å². The van der Waals surface area contributed by atoms with Gasteiger partial charge in [-0.25, -0.2) is 9.59 Å². The molecule has 194 valence electrons. The number of carboxylic acids is 1. The van der Waals surface area contributed by atoms with E-state index in [4.69, 9.17) is 16.3 Å². The van der Waals surface area contributed by atoms with Gasteiger partial charge in [-0.3, -0.25) is 13.9 Å². The summed E-state index contributed by atoms with van der Waals surface area (Å²) < 4.78 is 8.81. The van der Waals surface area contributed by atoms with Crippen LogP contribution in [0.4, 0.5) is 0 Å². The SMILES string of the molecule is C[C@H]1COCCN1C(=O)c1ccc(-n2c(=O)n(C3(c4cccc(C(=O)O)c4)CC3)c3ccc(Cl)cc32)cc1. The Hall–Kier alpha value is -3.88. The van der Waals surface area contributed by atoms with E-state index in [0.717, 1.165) is 5.56 Å². The minimum absolute atomic E-state index is 0.00646. The zero-order valence-electron chi connectivity index (χ0n) is 20.8. The third-order valence-corrected chi connectivity index (χ3v) is 7.84. The number of carbonyl (C=O) groups excluding carboxylic acids is 1. The maximum absolute atomic E-state index is 14.1. The van der Waals surface area contributed by atoms with Gasteiger partial charge in [-0.15, -0.1) is 0 Å². The number of hydrogen-bond donors (Lipinski definition) is 1. The second kappa shape index (κ2) is 9.15. The Morgan fingerprint density at radius 1 is 1.00 bits per heavy atom. The molecule has 1 saturated heterocycles. The topological polar surface area (TPSA) is 93.8 Å². The Bertz CT molecular complexity index is 1630. The van der Waals surface area contributed by atoms with Gasteiger partial charge in [0.2, 0.25) is 0 Å². The van der Waals surface area contributed by atoms with Gasteiger partial charge in [-0.1, -0.05) is 23.7 Å². The van der Waals surface area contributed by atoms with Gasteiger partial charge in [0.05, 0.1) is 47.1 Å². The first kappa shape index (κ1) is 24.5. The van der Waals surface area contributed by atoms with E-state index >= 15 is 0 Å². The molecule has 4 aromatic rings. The Kier molecular flexibility index (Phi) is 5.89. The lowest BCUT2D eigenvalue weighted by atomic mass is 10.0. The maximum Gasteiger partial charge on any atom is 0.335 e. The number of carbonyl (C=O) groups is 2. The fourth-order valence-corrected chi connectivity index (χ4v) is 5.65. The smallest absolute Gasteiger partial charge is 0.335 e. The van der Waals surface area contributed by atoms with Crippen LogP contribution < -0.4 is 5.69 Å². The second-order valence-electron chi connectivity index (χ2n) is 9.97. The summed E-state index contributed by atoms with van der Waals surface area (Å²) in [5, 5.41) is 10.0. The van der Waals surface area contributed by atoms with Crippen molar-refractivity contribution >= 4 is 34.5 Å². The number of aromatic carboxylic acids is 1. The quantitative estimate of drug-likeness (QED) is 0.408. The third-order valence-electron chi connectivity index (χ3n) is 7.60. The van der Waals surface area contributed by atoms with Crippen LogP contribution in [0.25, 0.3) is 16.7 Å². The van der Waals surface area contributed by atoms with E-state index in [0.29, 0.717) is 59.9 Å². The van der Waals surface area contributed by atoms with Crippen molar-refractivity contribution in [3.8, 4) is 5.69 Å². The maximum atomic E-state index is 14.1. The van der Waals surface area contributed by atoms with Crippen molar-refractivity contribution < 1.29 is 19.4 Å². The number of nitrogens with zero attached hydrogens (tertiary/aromatic N) is 3. The van der Waals surface area contributed by atoms with Crippen LogP contribution in [0.1, 0.15) is 46.0 Å². The first-order valence-electron chi connectivity index (χ1n) is 12.6. The molecule has 6 rings (SSSR count). The lowest BCUT2D eigenvalue weighted by Crippen LogP contribution is -2.47. The summed E-state index contributed by atoms with van der Waals surface area (Å²) in [5.41, 5.74) is 2.59. The molecule has 0 radical (unpaired) electrons. The highest BCUT2D eigenvalue weighted by atomic mass is 35.5. The summed E-state index contributed by atoms with van der Waals surface area (Å²) in [6.07, 6.45) is 1.42. The fraction of sp³-hybridized carbons (Fsp3) is 0.276. The summed E-state index contributed by atoms with van der Waals surface area (Å²) >= 11 is 6.36. The van der Waals surface area contributed by atoms with Gasteiger partial charge in [0.1, 0.15) is 0 Å². The molecule has 1 aliphatic carbocycles. The van der Waals surface area contributed by atoms with E-state index < -0.39 is 11.5 Å². The fourth-order valence-electron chi connectivity index (χ4n) is 5.48. The van der Waals surface area contributed by atoms with Gasteiger partial charge in [0.15, 0.2) is 0 Å². The van der Waals surface area contributed by atoms with E-state index in [-0.39, 0.29) is 23.2 Å². The zero-order valence-corrected chi connectivity index (χ0v) is 21.5. The van der Waals surface area contributed by atoms with Crippen LogP contribution in [-0.2, 0) is 10.3 Å². The van der Waals surface area contributed by atoms with E-state index in [1.54, 1.807) is 68.6 Å². The van der Waals surface area contributed by atoms with E-state index in [1.807, 2.05) is 19.1 Å². The molecule has 0 bridgehead atoms. The number of morpholine rings is 1. The Morgan fingerprint density at radius 3 is 2.45 bits per heavy atom. The Balaban J connectivity index is 1.45. The third kappa shape index (κ3) is 3.92. The molecule has 1 atom stereocenters. The number of imidazole rings is 1. The number of rotatable bonds is 5. The molecule has 1 saturated carbocycles. The number of fused-ring (bicyclic) bond motifs is 1. The highest BCUT2D eigenvalue weighted by Crippen LogP contribution is 2.50. The van der Waals surface area contributed by atoms with Crippen molar-refractivity contribution in [2.45, 2.75) is 31.3 Å². The van der Waals surface area contributed by atoms with Crippen LogP contribution in [0.5, 0.6) is 0 Å². The second-order valence-corrected chi connectivity index (χ2v) is 10.4. The van der Waals surface area contributed by atoms with Crippen LogP contribution in [0, 0.1) is 0 Å². The molecule has 1 aliphatic heterocycles. The zero-order chi connectivity index (χ0) is 26.6. The van der Waals surface area contributed by atoms with Crippen LogP contribution in [-0.4, -0.2) is 56.8 Å². The van der Waals surface area contributed by atoms with Crippen molar-refractivity contribution in [3.63, 3.8) is 0 Å². The first-order chi connectivity index (χ1) is 18.3. The molecular weight excluding hydrogens is 506 g/mol. The molecule has 8 nitrogen and oxygen atoms in total. The lowest BCUT2D eigenvalue weighted by Gasteiger charge is -2.33. The van der Waals surface area contributed by atoms with Crippen molar-refractivity contribution in [2.24, 2.45) is 0 Å². The number of benzene rings is 3. The van der Waals surface area contributed by atoms with Crippen molar-refractivity contribution in [1.29, 1.82) is 0 Å². The van der Waals surface area contributed by atoms with Gasteiger partial charge in [0, 0.05) is 17.1 Å². The van der Waals surface area contributed by atoms with Crippen molar-refractivity contribution in [3.05, 3.63) is 98.9 Å². The molecule has 1 N–H and O–H groups in total. The summed E-state index contributed by atoms with van der Waals surface area (Å²) in [5.74, 6) is -1.08. The predicted octanol–water partition coefficient (Wildman–Crippen LogP) is 4.54. The summed E-state index contributed by atoms with van der Waals surface area (Å²) in [4.78, 5) is 40.6. The number of halogens is 1. The largest absolute Gasteiger partial charge is 0.478 e. The minimum Gasteiger partial charge on any atom is -0.478 e. The monoisotopic (exact) mass is 531 g/mol. The van der Waals surface area contributed by atoms with Crippen LogP contribution in [0.2, 0.25) is 5.02 Å². The molecule has 2 aliphatic rings. The van der Waals surface area contributed by atoms with Gasteiger partial charge in [0.25, 0.3) is 5.91 Å². The minimum atomic E-state index is -1.01. The number of aromatic nitrogens is 2. The van der Waals surface area contributed by atoms with E-state index in [1.165, 1.54) is 0 Å². The van der Waals surface area contributed by atoms with E-state index in [9.17, 15) is 19.5 Å². The predicted molar refractivity (Wildman–Crippen MR) is 144 cm³/mol. The first-order valence-corrected chi connectivity index (χ1v) is 12.9. The number of hydrogen-bond acceptors (Lipinski definition) is 4. The van der Waals surface area contributed by atoms with Crippen molar-refractivity contribution in [1.82, 2.24) is 14.0 Å². The molecule has 2 heterocycles. The molecule has 0 spiro atoms. The lowest BCUT2D eigenvalue weighted by molar-refractivity contribution is 0.00359. The highest BCUT2D eigenvalue weighted by molar-refractivity contribution is 6.31. The molecule has 1 aromatic heterocycles. The van der Waals surface area contributed by atoms with E-state index in [2.05, 4.69) is 0 Å². The van der Waals surface area contributed by atoms with Crippen LogP contribution in [0.3, 0.4) is 0 Å².